The third-order valence-electron chi connectivity index (χ3n) is 6.61. The summed E-state index contributed by atoms with van der Waals surface area (Å²) < 4.78 is 15.2. The number of carbonyl (C=O) groups excluding carboxylic acids is 2. The van der Waals surface area contributed by atoms with Crippen molar-refractivity contribution in [2.45, 2.75) is 58.1 Å². The lowest BCUT2D eigenvalue weighted by Crippen LogP contribution is -2.22. The van der Waals surface area contributed by atoms with Gasteiger partial charge in [0, 0.05) is 39.1 Å². The van der Waals surface area contributed by atoms with Gasteiger partial charge in [-0.1, -0.05) is 19.6 Å². The topological polar surface area (TPSA) is 87.7 Å². The number of aromatic nitrogens is 4. The van der Waals surface area contributed by atoms with Crippen molar-refractivity contribution >= 4 is 36.5 Å². The molecule has 9 heteroatoms. The minimum atomic E-state index is -1.24. The summed E-state index contributed by atoms with van der Waals surface area (Å²) in [7, 11) is 0.139. The Bertz CT molecular complexity index is 1480. The number of carbonyl (C=O) groups is 2. The van der Waals surface area contributed by atoms with Gasteiger partial charge in [0.1, 0.15) is 29.4 Å². The van der Waals surface area contributed by atoms with Crippen LogP contribution in [0.4, 0.5) is 0 Å². The van der Waals surface area contributed by atoms with Gasteiger partial charge in [-0.15, -0.1) is 0 Å². The molecule has 4 heterocycles. The van der Waals surface area contributed by atoms with Crippen molar-refractivity contribution in [3.05, 3.63) is 53.5 Å². The van der Waals surface area contributed by atoms with Gasteiger partial charge < -0.3 is 13.9 Å². The summed E-state index contributed by atoms with van der Waals surface area (Å²) in [6.45, 7) is 9.50. The van der Waals surface area contributed by atoms with Crippen LogP contribution in [0.15, 0.2) is 36.5 Å². The van der Waals surface area contributed by atoms with E-state index in [1.807, 2.05) is 16.8 Å². The highest BCUT2D eigenvalue weighted by molar-refractivity contribution is 6.76. The Labute approximate surface area is 211 Å². The third-order valence-corrected chi connectivity index (χ3v) is 8.32. The van der Waals surface area contributed by atoms with E-state index in [1.54, 1.807) is 18.2 Å². The molecule has 0 radical (unpaired) electrons. The molecule has 8 nitrogen and oxygen atoms in total. The standard InChI is InChI=1S/C27H32N4O4Si/c1-17(32)21-9-8-19-14-22(31(26(19)28-21)16-35-12-13-36(3,4)5)24-25(18-6-7-18)30-11-10-20(27(33)34-2)15-23(30)29-24/h8-11,14-15,18H,6-7,12-13,16H2,1-5H3. The highest BCUT2D eigenvalue weighted by Crippen LogP contribution is 2.45. The number of imidazole rings is 1. The Hall–Kier alpha value is -3.30. The Morgan fingerprint density at radius 2 is 1.89 bits per heavy atom. The molecular weight excluding hydrogens is 472 g/mol. The lowest BCUT2D eigenvalue weighted by atomic mass is 10.1. The normalized spacial score (nSPS) is 14.0. The molecule has 0 atom stereocenters. The van der Waals surface area contributed by atoms with Crippen LogP contribution < -0.4 is 0 Å². The smallest absolute Gasteiger partial charge is 0.338 e. The maximum atomic E-state index is 12.1. The lowest BCUT2D eigenvalue weighted by Gasteiger charge is -2.16. The largest absolute Gasteiger partial charge is 0.465 e. The molecule has 1 fully saturated rings. The molecule has 36 heavy (non-hydrogen) atoms. The van der Waals surface area contributed by atoms with E-state index in [2.05, 4.69) is 35.1 Å². The lowest BCUT2D eigenvalue weighted by molar-refractivity contribution is 0.0600. The molecule has 1 aliphatic carbocycles. The van der Waals surface area contributed by atoms with Gasteiger partial charge >= 0.3 is 5.97 Å². The van der Waals surface area contributed by atoms with Gasteiger partial charge in [-0.2, -0.15) is 0 Å². The number of hydrogen-bond donors (Lipinski definition) is 0. The fourth-order valence-corrected chi connectivity index (χ4v) is 5.19. The van der Waals surface area contributed by atoms with Crippen molar-refractivity contribution in [2.24, 2.45) is 0 Å². The number of nitrogens with zero attached hydrogens (tertiary/aromatic N) is 4. The first-order chi connectivity index (χ1) is 17.2. The third kappa shape index (κ3) is 4.72. The van der Waals surface area contributed by atoms with Gasteiger partial charge in [0.2, 0.25) is 0 Å². The fraction of sp³-hybridized carbons (Fsp3) is 0.407. The Morgan fingerprint density at radius 1 is 1.11 bits per heavy atom. The quantitative estimate of drug-likeness (QED) is 0.129. The number of Topliss-reactive ketones (excluding diaryl/α,β-unsaturated/α-hetero) is 1. The van der Waals surface area contributed by atoms with E-state index in [4.69, 9.17) is 14.5 Å². The molecule has 0 aromatic carbocycles. The number of pyridine rings is 2. The van der Waals surface area contributed by atoms with E-state index in [0.29, 0.717) is 41.8 Å². The molecule has 1 aliphatic rings. The number of hydrogen-bond acceptors (Lipinski definition) is 6. The Balaban J connectivity index is 1.64. The van der Waals surface area contributed by atoms with Crippen molar-refractivity contribution in [2.75, 3.05) is 13.7 Å². The monoisotopic (exact) mass is 504 g/mol. The molecule has 0 aliphatic heterocycles. The maximum Gasteiger partial charge on any atom is 0.338 e. The minimum absolute atomic E-state index is 0.0763. The second-order valence-corrected chi connectivity index (χ2v) is 16.3. The Kier molecular flexibility index (Phi) is 6.30. The molecule has 0 unspecified atom stereocenters. The molecule has 0 bridgehead atoms. The average Bonchev–Trinajstić information content (AvgIpc) is 3.51. The first-order valence-electron chi connectivity index (χ1n) is 12.4. The number of fused-ring (bicyclic) bond motifs is 2. The molecular formula is C27H32N4O4Si. The fourth-order valence-electron chi connectivity index (χ4n) is 4.43. The number of rotatable bonds is 9. The first kappa shape index (κ1) is 24.4. The van der Waals surface area contributed by atoms with Crippen LogP contribution in [0.1, 0.15) is 52.2 Å². The van der Waals surface area contributed by atoms with Crippen molar-refractivity contribution in [3.63, 3.8) is 0 Å². The summed E-state index contributed by atoms with van der Waals surface area (Å²) >= 11 is 0. The van der Waals surface area contributed by atoms with Crippen LogP contribution in [0.25, 0.3) is 28.1 Å². The van der Waals surface area contributed by atoms with E-state index in [9.17, 15) is 9.59 Å². The van der Waals surface area contributed by atoms with Crippen LogP contribution in [0.3, 0.4) is 0 Å². The van der Waals surface area contributed by atoms with E-state index < -0.39 is 8.07 Å². The van der Waals surface area contributed by atoms with Gasteiger partial charge in [-0.25, -0.2) is 14.8 Å². The first-order valence-corrected chi connectivity index (χ1v) is 16.1. The molecule has 1 saturated carbocycles. The van der Waals surface area contributed by atoms with Crippen LogP contribution in [-0.4, -0.2) is 52.5 Å². The van der Waals surface area contributed by atoms with Crippen molar-refractivity contribution in [3.8, 4) is 11.4 Å². The van der Waals surface area contributed by atoms with Crippen LogP contribution in [-0.2, 0) is 16.2 Å². The summed E-state index contributed by atoms with van der Waals surface area (Å²) in [4.78, 5) is 33.9. The Morgan fingerprint density at radius 3 is 2.56 bits per heavy atom. The highest BCUT2D eigenvalue weighted by Gasteiger charge is 2.32. The second-order valence-electron chi connectivity index (χ2n) is 10.7. The van der Waals surface area contributed by atoms with Crippen LogP contribution in [0.5, 0.6) is 0 Å². The predicted octanol–water partition coefficient (Wildman–Crippen LogP) is 5.53. The summed E-state index contributed by atoms with van der Waals surface area (Å²) in [5.74, 6) is -0.0625. The molecule has 0 N–H and O–H groups in total. The summed E-state index contributed by atoms with van der Waals surface area (Å²) in [5, 5.41) is 0.929. The molecule has 0 amide bonds. The number of esters is 1. The molecule has 0 spiro atoms. The zero-order chi connectivity index (χ0) is 25.6. The minimum Gasteiger partial charge on any atom is -0.465 e. The molecule has 4 aromatic rings. The van der Waals surface area contributed by atoms with Crippen LogP contribution in [0.2, 0.25) is 25.7 Å². The van der Waals surface area contributed by atoms with Gasteiger partial charge in [-0.05, 0) is 49.2 Å². The van der Waals surface area contributed by atoms with E-state index in [-0.39, 0.29) is 11.8 Å². The van der Waals surface area contributed by atoms with Crippen molar-refractivity contribution in [1.29, 1.82) is 0 Å². The van der Waals surface area contributed by atoms with Crippen LogP contribution >= 0.6 is 0 Å². The molecule has 0 saturated heterocycles. The number of ether oxygens (including phenoxy) is 2. The summed E-state index contributed by atoms with van der Waals surface area (Å²) in [5.41, 5.74) is 5.18. The average molecular weight is 505 g/mol. The summed E-state index contributed by atoms with van der Waals surface area (Å²) in [6.07, 6.45) is 4.09. The van der Waals surface area contributed by atoms with Crippen molar-refractivity contribution < 1.29 is 19.1 Å². The number of ketones is 1. The molecule has 4 aromatic heterocycles. The number of methoxy groups -OCH3 is 1. The van der Waals surface area contributed by atoms with Crippen LogP contribution in [0, 0.1) is 0 Å². The second kappa shape index (κ2) is 9.29. The zero-order valence-corrected chi connectivity index (χ0v) is 22.5. The maximum absolute atomic E-state index is 12.1. The summed E-state index contributed by atoms with van der Waals surface area (Å²) in [6, 6.07) is 10.4. The van der Waals surface area contributed by atoms with Crippen molar-refractivity contribution in [1.82, 2.24) is 18.9 Å². The van der Waals surface area contributed by atoms with Gasteiger partial charge in [0.25, 0.3) is 0 Å². The van der Waals surface area contributed by atoms with E-state index in [1.165, 1.54) is 14.0 Å². The molecule has 188 valence electrons. The van der Waals surface area contributed by atoms with E-state index >= 15 is 0 Å². The van der Waals surface area contributed by atoms with Gasteiger partial charge in [0.05, 0.1) is 24.1 Å². The molecule has 5 rings (SSSR count). The van der Waals surface area contributed by atoms with Gasteiger partial charge in [0.15, 0.2) is 5.78 Å². The highest BCUT2D eigenvalue weighted by atomic mass is 28.3. The predicted molar refractivity (Wildman–Crippen MR) is 141 cm³/mol. The zero-order valence-electron chi connectivity index (χ0n) is 21.5. The van der Waals surface area contributed by atoms with Gasteiger partial charge in [-0.3, -0.25) is 9.36 Å². The SMILES string of the molecule is COC(=O)c1ccn2c(C3CC3)c(-c3cc4ccc(C(C)=O)nc4n3COCC[Si](C)(C)C)nc2c1. The van der Waals surface area contributed by atoms with E-state index in [0.717, 1.165) is 41.4 Å².